The van der Waals surface area contributed by atoms with Gasteiger partial charge in [-0.25, -0.2) is 9.97 Å². The number of benzene rings is 1. The van der Waals surface area contributed by atoms with Gasteiger partial charge in [-0.05, 0) is 17.7 Å². The number of ether oxygens (including phenoxy) is 3. The zero-order chi connectivity index (χ0) is 18.6. The van der Waals surface area contributed by atoms with Crippen molar-refractivity contribution in [1.29, 1.82) is 0 Å². The lowest BCUT2D eigenvalue weighted by Gasteiger charge is -2.35. The second kappa shape index (κ2) is 8.10. The molecule has 0 N–H and O–H groups in total. The summed E-state index contributed by atoms with van der Waals surface area (Å²) >= 11 is 0. The van der Waals surface area contributed by atoms with E-state index in [1.54, 1.807) is 14.2 Å². The van der Waals surface area contributed by atoms with E-state index in [1.807, 2.05) is 12.3 Å². The molecule has 1 aromatic carbocycles. The lowest BCUT2D eigenvalue weighted by Crippen LogP contribution is -2.46. The Hall–Kier alpha value is -2.38. The average Bonchev–Trinajstić information content (AvgIpc) is 2.74. The quantitative estimate of drug-likeness (QED) is 0.796. The number of methoxy groups -OCH3 is 2. The van der Waals surface area contributed by atoms with Crippen LogP contribution in [0.15, 0.2) is 24.4 Å². The summed E-state index contributed by atoms with van der Waals surface area (Å²) in [5.74, 6) is 2.39. The highest BCUT2D eigenvalue weighted by atomic mass is 16.5. The van der Waals surface area contributed by atoms with Crippen molar-refractivity contribution in [2.45, 2.75) is 19.6 Å². The molecule has 2 aromatic rings. The lowest BCUT2D eigenvalue weighted by atomic mass is 10.1. The van der Waals surface area contributed by atoms with Crippen molar-refractivity contribution in [2.24, 2.45) is 0 Å². The highest BCUT2D eigenvalue weighted by molar-refractivity contribution is 5.43. The number of hydrogen-bond acceptors (Lipinski definition) is 7. The van der Waals surface area contributed by atoms with Crippen molar-refractivity contribution in [1.82, 2.24) is 14.9 Å². The summed E-state index contributed by atoms with van der Waals surface area (Å²) in [6, 6.07) is 6.12. The van der Waals surface area contributed by atoms with Gasteiger partial charge in [-0.1, -0.05) is 6.07 Å². The van der Waals surface area contributed by atoms with Crippen LogP contribution in [0.4, 0.5) is 5.95 Å². The maximum atomic E-state index is 5.47. The van der Waals surface area contributed by atoms with Gasteiger partial charge >= 0.3 is 0 Å². The molecule has 0 atom stereocenters. The van der Waals surface area contributed by atoms with Crippen LogP contribution in [0.2, 0.25) is 0 Å². The van der Waals surface area contributed by atoms with Gasteiger partial charge in [0.15, 0.2) is 11.5 Å². The summed E-state index contributed by atoms with van der Waals surface area (Å²) in [5.41, 5.74) is 3.49. The maximum Gasteiger partial charge on any atom is 0.225 e. The normalized spacial score (nSPS) is 17.5. The highest BCUT2D eigenvalue weighted by Gasteiger charge is 2.21. The number of nitrogens with zero attached hydrogens (tertiary/aromatic N) is 4. The largest absolute Gasteiger partial charge is 0.493 e. The van der Waals surface area contributed by atoms with E-state index in [9.17, 15) is 0 Å². The van der Waals surface area contributed by atoms with Gasteiger partial charge in [0.05, 0.1) is 33.1 Å². The van der Waals surface area contributed by atoms with Crippen LogP contribution in [0.3, 0.4) is 0 Å². The third-order valence-electron chi connectivity index (χ3n) is 5.19. The summed E-state index contributed by atoms with van der Waals surface area (Å²) < 4.78 is 16.2. The number of fused-ring (bicyclic) bond motifs is 1. The molecule has 144 valence electrons. The molecule has 4 rings (SSSR count). The average molecular weight is 370 g/mol. The van der Waals surface area contributed by atoms with Gasteiger partial charge in [-0.2, -0.15) is 0 Å². The summed E-state index contributed by atoms with van der Waals surface area (Å²) in [5, 5.41) is 0. The first-order chi connectivity index (χ1) is 13.3. The molecule has 1 fully saturated rings. The van der Waals surface area contributed by atoms with E-state index < -0.39 is 0 Å². The fraction of sp³-hybridized carbons (Fsp3) is 0.500. The molecule has 1 saturated heterocycles. The van der Waals surface area contributed by atoms with Crippen LogP contribution in [0.1, 0.15) is 16.8 Å². The molecule has 0 saturated carbocycles. The molecule has 0 aliphatic carbocycles. The summed E-state index contributed by atoms with van der Waals surface area (Å²) in [7, 11) is 3.33. The molecule has 2 aliphatic rings. The lowest BCUT2D eigenvalue weighted by molar-refractivity contribution is 0.109. The highest BCUT2D eigenvalue weighted by Crippen LogP contribution is 2.28. The summed E-state index contributed by atoms with van der Waals surface area (Å²) in [6.45, 7) is 6.12. The Morgan fingerprint density at radius 2 is 1.89 bits per heavy atom. The number of rotatable bonds is 5. The van der Waals surface area contributed by atoms with Crippen LogP contribution in [-0.4, -0.2) is 61.9 Å². The Labute approximate surface area is 159 Å². The predicted octanol–water partition coefficient (Wildman–Crippen LogP) is 1.89. The van der Waals surface area contributed by atoms with Gasteiger partial charge in [0, 0.05) is 50.9 Å². The molecule has 0 spiro atoms. The van der Waals surface area contributed by atoms with Crippen molar-refractivity contribution in [3.05, 3.63) is 41.2 Å². The Morgan fingerprint density at radius 3 is 2.67 bits per heavy atom. The Balaban J connectivity index is 1.36. The molecule has 0 unspecified atom stereocenters. The van der Waals surface area contributed by atoms with E-state index in [1.165, 1.54) is 5.56 Å². The van der Waals surface area contributed by atoms with Gasteiger partial charge in [0.25, 0.3) is 0 Å². The van der Waals surface area contributed by atoms with E-state index in [0.29, 0.717) is 6.61 Å². The van der Waals surface area contributed by atoms with E-state index in [-0.39, 0.29) is 0 Å². The predicted molar refractivity (Wildman–Crippen MR) is 102 cm³/mol. The van der Waals surface area contributed by atoms with Crippen LogP contribution >= 0.6 is 0 Å². The standard InChI is InChI=1S/C20H26N4O3/c1-25-18-4-3-15(11-19(18)26-2)13-23-6-8-24(9-7-23)20-21-12-16-14-27-10-5-17(16)22-20/h3-4,11-12H,5-10,13-14H2,1-2H3. The molecule has 7 heteroatoms. The number of hydrogen-bond donors (Lipinski definition) is 0. The van der Waals surface area contributed by atoms with Gasteiger partial charge in [-0.3, -0.25) is 4.90 Å². The molecular formula is C20H26N4O3. The minimum absolute atomic E-state index is 0.634. The zero-order valence-electron chi connectivity index (χ0n) is 16.0. The molecular weight excluding hydrogens is 344 g/mol. The zero-order valence-corrected chi connectivity index (χ0v) is 16.0. The Morgan fingerprint density at radius 1 is 1.07 bits per heavy atom. The third-order valence-corrected chi connectivity index (χ3v) is 5.19. The van der Waals surface area contributed by atoms with E-state index in [2.05, 4.69) is 26.9 Å². The SMILES string of the molecule is COc1ccc(CN2CCN(c3ncc4c(n3)CCOC4)CC2)cc1OC. The van der Waals surface area contributed by atoms with Crippen molar-refractivity contribution >= 4 is 5.95 Å². The van der Waals surface area contributed by atoms with Crippen LogP contribution in [0.5, 0.6) is 11.5 Å². The fourth-order valence-corrected chi connectivity index (χ4v) is 3.62. The minimum Gasteiger partial charge on any atom is -0.493 e. The second-order valence-electron chi connectivity index (χ2n) is 6.90. The summed E-state index contributed by atoms with van der Waals surface area (Å²) in [6.07, 6.45) is 2.80. The molecule has 1 aromatic heterocycles. The van der Waals surface area contributed by atoms with E-state index in [4.69, 9.17) is 19.2 Å². The number of anilines is 1. The van der Waals surface area contributed by atoms with Crippen molar-refractivity contribution in [3.8, 4) is 11.5 Å². The van der Waals surface area contributed by atoms with Gasteiger partial charge in [0.1, 0.15) is 0 Å². The molecule has 2 aliphatic heterocycles. The number of aromatic nitrogens is 2. The maximum absolute atomic E-state index is 5.47. The molecule has 3 heterocycles. The first-order valence-corrected chi connectivity index (χ1v) is 9.37. The third kappa shape index (κ3) is 3.99. The van der Waals surface area contributed by atoms with Crippen LogP contribution in [0, 0.1) is 0 Å². The van der Waals surface area contributed by atoms with E-state index in [0.717, 1.165) is 74.5 Å². The van der Waals surface area contributed by atoms with Gasteiger partial charge in [-0.15, -0.1) is 0 Å². The first-order valence-electron chi connectivity index (χ1n) is 9.37. The van der Waals surface area contributed by atoms with Crippen LogP contribution < -0.4 is 14.4 Å². The molecule has 27 heavy (non-hydrogen) atoms. The molecule has 0 bridgehead atoms. The van der Waals surface area contributed by atoms with Gasteiger partial charge < -0.3 is 19.1 Å². The fourth-order valence-electron chi connectivity index (χ4n) is 3.62. The topological polar surface area (TPSA) is 60.0 Å². The van der Waals surface area contributed by atoms with Crippen LogP contribution in [-0.2, 0) is 24.3 Å². The molecule has 0 amide bonds. The first kappa shape index (κ1) is 18.0. The molecule has 0 radical (unpaired) electrons. The Kier molecular flexibility index (Phi) is 5.40. The van der Waals surface area contributed by atoms with Crippen molar-refractivity contribution < 1.29 is 14.2 Å². The summed E-state index contributed by atoms with van der Waals surface area (Å²) in [4.78, 5) is 14.1. The van der Waals surface area contributed by atoms with Crippen molar-refractivity contribution in [3.63, 3.8) is 0 Å². The van der Waals surface area contributed by atoms with E-state index >= 15 is 0 Å². The monoisotopic (exact) mass is 370 g/mol. The van der Waals surface area contributed by atoms with Gasteiger partial charge in [0.2, 0.25) is 5.95 Å². The number of piperazine rings is 1. The van der Waals surface area contributed by atoms with Crippen LogP contribution in [0.25, 0.3) is 0 Å². The Bertz CT molecular complexity index is 791. The minimum atomic E-state index is 0.634. The van der Waals surface area contributed by atoms with Crippen molar-refractivity contribution in [2.75, 3.05) is 51.9 Å². The second-order valence-corrected chi connectivity index (χ2v) is 6.90. The smallest absolute Gasteiger partial charge is 0.225 e. The molecule has 7 nitrogen and oxygen atoms in total.